The topological polar surface area (TPSA) is 89.9 Å². The van der Waals surface area contributed by atoms with Gasteiger partial charge in [0.1, 0.15) is 6.04 Å². The van der Waals surface area contributed by atoms with Gasteiger partial charge in [0, 0.05) is 31.9 Å². The smallest absolute Gasteiger partial charge is 0.326 e. The first kappa shape index (κ1) is 17.1. The van der Waals surface area contributed by atoms with E-state index < -0.39 is 18.0 Å². The SMILES string of the molecule is CCC(CSC)N(C)C(=O)N[C@@H](CCO)C(=O)O. The maximum Gasteiger partial charge on any atom is 0.326 e. The second kappa shape index (κ2) is 9.04. The van der Waals surface area contributed by atoms with Crippen LogP contribution in [0.3, 0.4) is 0 Å². The molecule has 106 valence electrons. The first-order valence-electron chi connectivity index (χ1n) is 5.83. The number of thioether (sulfide) groups is 1. The summed E-state index contributed by atoms with van der Waals surface area (Å²) in [6.45, 7) is 1.70. The van der Waals surface area contributed by atoms with Crippen molar-refractivity contribution >= 4 is 23.8 Å². The Bertz CT molecular complexity index is 276. The Morgan fingerprint density at radius 1 is 1.44 bits per heavy atom. The predicted molar refractivity (Wildman–Crippen MR) is 71.9 cm³/mol. The molecule has 0 radical (unpaired) electrons. The van der Waals surface area contributed by atoms with Crippen LogP contribution in [0.25, 0.3) is 0 Å². The van der Waals surface area contributed by atoms with Crippen LogP contribution in [0.1, 0.15) is 19.8 Å². The van der Waals surface area contributed by atoms with Crippen LogP contribution in [0.5, 0.6) is 0 Å². The van der Waals surface area contributed by atoms with Crippen molar-refractivity contribution in [3.05, 3.63) is 0 Å². The van der Waals surface area contributed by atoms with Crippen LogP contribution < -0.4 is 5.32 Å². The molecule has 0 aliphatic heterocycles. The third-order valence-corrected chi connectivity index (χ3v) is 3.43. The fourth-order valence-electron chi connectivity index (χ4n) is 1.50. The Balaban J connectivity index is 4.47. The molecule has 0 spiro atoms. The summed E-state index contributed by atoms with van der Waals surface area (Å²) in [6, 6.07) is -1.39. The van der Waals surface area contributed by atoms with Crippen molar-refractivity contribution in [3.63, 3.8) is 0 Å². The largest absolute Gasteiger partial charge is 0.480 e. The Kier molecular flexibility index (Phi) is 8.57. The normalized spacial score (nSPS) is 13.8. The summed E-state index contributed by atoms with van der Waals surface area (Å²) < 4.78 is 0. The number of nitrogens with zero attached hydrogens (tertiary/aromatic N) is 1. The maximum atomic E-state index is 11.9. The number of hydrogen-bond donors (Lipinski definition) is 3. The molecule has 2 amide bonds. The van der Waals surface area contributed by atoms with Crippen LogP contribution in [0.15, 0.2) is 0 Å². The number of aliphatic hydroxyl groups excluding tert-OH is 1. The molecule has 0 saturated heterocycles. The van der Waals surface area contributed by atoms with E-state index in [1.54, 1.807) is 18.8 Å². The van der Waals surface area contributed by atoms with Gasteiger partial charge >= 0.3 is 12.0 Å². The van der Waals surface area contributed by atoms with Crippen LogP contribution in [0.4, 0.5) is 4.79 Å². The number of carbonyl (C=O) groups is 2. The average Bonchev–Trinajstić information content (AvgIpc) is 2.34. The molecule has 3 N–H and O–H groups in total. The van der Waals surface area contributed by atoms with Crippen molar-refractivity contribution in [2.24, 2.45) is 0 Å². The van der Waals surface area contributed by atoms with E-state index in [0.29, 0.717) is 0 Å². The standard InChI is InChI=1S/C11H22N2O4S/c1-4-8(7-18-3)13(2)11(17)12-9(5-6-14)10(15)16/h8-9,14H,4-7H2,1-3H3,(H,12,17)(H,15,16)/t8?,9-/m0/s1. The molecule has 18 heavy (non-hydrogen) atoms. The zero-order chi connectivity index (χ0) is 14.1. The van der Waals surface area contributed by atoms with E-state index in [9.17, 15) is 9.59 Å². The fraction of sp³-hybridized carbons (Fsp3) is 0.818. The van der Waals surface area contributed by atoms with Gasteiger partial charge in [-0.2, -0.15) is 11.8 Å². The van der Waals surface area contributed by atoms with Crippen LogP contribution in [-0.4, -0.2) is 64.9 Å². The number of rotatable bonds is 8. The summed E-state index contributed by atoms with van der Waals surface area (Å²) in [5.41, 5.74) is 0. The molecule has 0 fully saturated rings. The lowest BCUT2D eigenvalue weighted by atomic mass is 10.2. The van der Waals surface area contributed by atoms with Crippen molar-refractivity contribution in [1.82, 2.24) is 10.2 Å². The number of nitrogens with one attached hydrogen (secondary N) is 1. The van der Waals surface area contributed by atoms with Gasteiger partial charge in [-0.25, -0.2) is 9.59 Å². The molecule has 0 aromatic rings. The molecule has 0 aromatic carbocycles. The van der Waals surface area contributed by atoms with E-state index in [1.165, 1.54) is 4.90 Å². The van der Waals surface area contributed by atoms with Crippen LogP contribution >= 0.6 is 11.8 Å². The summed E-state index contributed by atoms with van der Waals surface area (Å²) in [7, 11) is 1.65. The predicted octanol–water partition coefficient (Wildman–Crippen LogP) is 0.605. The molecule has 7 heteroatoms. The first-order chi connectivity index (χ1) is 8.47. The van der Waals surface area contributed by atoms with Crippen molar-refractivity contribution < 1.29 is 19.8 Å². The lowest BCUT2D eigenvalue weighted by Crippen LogP contribution is -2.50. The van der Waals surface area contributed by atoms with Crippen molar-refractivity contribution in [3.8, 4) is 0 Å². The molecule has 0 rings (SSSR count). The molecule has 0 aliphatic rings. The van der Waals surface area contributed by atoms with Crippen LogP contribution in [0, 0.1) is 0 Å². The Labute approximate surface area is 112 Å². The van der Waals surface area contributed by atoms with E-state index in [2.05, 4.69) is 5.32 Å². The average molecular weight is 278 g/mol. The van der Waals surface area contributed by atoms with Crippen molar-refractivity contribution in [1.29, 1.82) is 0 Å². The van der Waals surface area contributed by atoms with Gasteiger partial charge in [-0.05, 0) is 12.7 Å². The number of hydrogen-bond acceptors (Lipinski definition) is 4. The molecule has 0 saturated carbocycles. The number of carboxylic acids is 1. The quantitative estimate of drug-likeness (QED) is 0.605. The fourth-order valence-corrected chi connectivity index (χ4v) is 2.34. The number of aliphatic hydroxyl groups is 1. The van der Waals surface area contributed by atoms with Gasteiger partial charge in [0.05, 0.1) is 0 Å². The van der Waals surface area contributed by atoms with Gasteiger partial charge in [0.2, 0.25) is 0 Å². The highest BCUT2D eigenvalue weighted by Crippen LogP contribution is 2.08. The van der Waals surface area contributed by atoms with Crippen LogP contribution in [-0.2, 0) is 4.79 Å². The lowest BCUT2D eigenvalue weighted by Gasteiger charge is -2.28. The molecular weight excluding hydrogens is 256 g/mol. The van der Waals surface area contributed by atoms with E-state index in [1.807, 2.05) is 13.2 Å². The van der Waals surface area contributed by atoms with Crippen LogP contribution in [0.2, 0.25) is 0 Å². The van der Waals surface area contributed by atoms with Gasteiger partial charge in [0.25, 0.3) is 0 Å². The minimum absolute atomic E-state index is 0.00817. The van der Waals surface area contributed by atoms with E-state index in [0.717, 1.165) is 12.2 Å². The lowest BCUT2D eigenvalue weighted by molar-refractivity contribution is -0.139. The summed E-state index contributed by atoms with van der Waals surface area (Å²) >= 11 is 1.64. The van der Waals surface area contributed by atoms with Gasteiger partial charge < -0.3 is 20.4 Å². The number of urea groups is 1. The molecular formula is C11H22N2O4S. The first-order valence-corrected chi connectivity index (χ1v) is 7.23. The third-order valence-electron chi connectivity index (χ3n) is 2.71. The molecule has 6 nitrogen and oxygen atoms in total. The number of carbonyl (C=O) groups excluding carboxylic acids is 1. The minimum Gasteiger partial charge on any atom is -0.480 e. The van der Waals surface area contributed by atoms with E-state index in [4.69, 9.17) is 10.2 Å². The second-order valence-electron chi connectivity index (χ2n) is 3.98. The Morgan fingerprint density at radius 2 is 2.06 bits per heavy atom. The Hall–Kier alpha value is -0.950. The minimum atomic E-state index is -1.14. The Morgan fingerprint density at radius 3 is 2.44 bits per heavy atom. The highest BCUT2D eigenvalue weighted by Gasteiger charge is 2.24. The molecule has 0 bridgehead atoms. The molecule has 2 atom stereocenters. The van der Waals surface area contributed by atoms with Gasteiger partial charge in [-0.15, -0.1) is 0 Å². The second-order valence-corrected chi connectivity index (χ2v) is 4.89. The zero-order valence-electron chi connectivity index (χ0n) is 11.0. The number of aliphatic carboxylic acids is 1. The molecule has 0 aromatic heterocycles. The van der Waals surface area contributed by atoms with Crippen molar-refractivity contribution in [2.75, 3.05) is 25.7 Å². The van der Waals surface area contributed by atoms with Crippen molar-refractivity contribution in [2.45, 2.75) is 31.8 Å². The van der Waals surface area contributed by atoms with Gasteiger partial charge in [-0.3, -0.25) is 0 Å². The number of amides is 2. The highest BCUT2D eigenvalue weighted by molar-refractivity contribution is 7.98. The summed E-state index contributed by atoms with van der Waals surface area (Å²) in [6.07, 6.45) is 2.77. The van der Waals surface area contributed by atoms with Gasteiger partial charge in [0.15, 0.2) is 0 Å². The zero-order valence-corrected chi connectivity index (χ0v) is 11.9. The molecule has 0 heterocycles. The summed E-state index contributed by atoms with van der Waals surface area (Å²) in [5.74, 6) is -0.332. The third kappa shape index (κ3) is 5.59. The van der Waals surface area contributed by atoms with E-state index >= 15 is 0 Å². The highest BCUT2D eigenvalue weighted by atomic mass is 32.2. The van der Waals surface area contributed by atoms with Gasteiger partial charge in [-0.1, -0.05) is 6.92 Å². The summed E-state index contributed by atoms with van der Waals surface area (Å²) in [4.78, 5) is 24.3. The molecule has 0 aliphatic carbocycles. The maximum absolute atomic E-state index is 11.9. The monoisotopic (exact) mass is 278 g/mol. The molecule has 1 unspecified atom stereocenters. The number of carboxylic acid groups (broad SMARTS) is 1. The summed E-state index contributed by atoms with van der Waals surface area (Å²) in [5, 5.41) is 20.0. The van der Waals surface area contributed by atoms with E-state index in [-0.39, 0.29) is 19.1 Å².